The number of carbonyl (C=O) groups excluding carboxylic acids is 3. The van der Waals surface area contributed by atoms with Gasteiger partial charge in [0.05, 0.1) is 25.0 Å². The molecular weight excluding hydrogens is 442 g/mol. The van der Waals surface area contributed by atoms with E-state index >= 15 is 0 Å². The number of hydrogen-bond acceptors (Lipinski definition) is 9. The Kier molecular flexibility index (Phi) is 10.6. The molecule has 1 fully saturated rings. The third kappa shape index (κ3) is 8.64. The molecule has 0 saturated carbocycles. The van der Waals surface area contributed by atoms with Crippen molar-refractivity contribution in [1.29, 1.82) is 0 Å². The minimum Gasteiger partial charge on any atom is -0.457 e. The summed E-state index contributed by atoms with van der Waals surface area (Å²) in [5.74, 6) is -0.414. The van der Waals surface area contributed by atoms with Crippen molar-refractivity contribution < 1.29 is 29.3 Å². The lowest BCUT2D eigenvalue weighted by molar-refractivity contribution is -0.151. The number of carbonyl (C=O) groups is 3. The summed E-state index contributed by atoms with van der Waals surface area (Å²) in [6.07, 6.45) is 0.752. The summed E-state index contributed by atoms with van der Waals surface area (Å²) in [6, 6.07) is -2.10. The van der Waals surface area contributed by atoms with Gasteiger partial charge in [0, 0.05) is 17.5 Å². The zero-order valence-corrected chi connectivity index (χ0v) is 19.7. The third-order valence-corrected chi connectivity index (χ3v) is 7.54. The molecular formula is C20H33N3O6S2. The van der Waals surface area contributed by atoms with Gasteiger partial charge in [0.1, 0.15) is 18.4 Å². The Morgan fingerprint density at radius 2 is 1.87 bits per heavy atom. The Bertz CT molecular complexity index is 663. The molecule has 0 aliphatic carbocycles. The Morgan fingerprint density at radius 3 is 2.58 bits per heavy atom. The number of nitrogens with one attached hydrogen (secondary N) is 3. The Balaban J connectivity index is 2.40. The van der Waals surface area contributed by atoms with Crippen molar-refractivity contribution in [2.45, 2.75) is 76.6 Å². The van der Waals surface area contributed by atoms with Gasteiger partial charge in [-0.15, -0.1) is 0 Å². The summed E-state index contributed by atoms with van der Waals surface area (Å²) in [7, 11) is 3.12. The normalized spacial score (nSPS) is 35.7. The highest BCUT2D eigenvalue weighted by Gasteiger charge is 2.32. The number of ether oxygens (including phenoxy) is 1. The number of rotatable bonds is 1. The SMILES string of the molecule is CC(C)[C@H]1NC(O)[C@H]2CSSCC/C=C/[C@H](CC(=O)N[C@H](C)C(=O)N2)OC(=O)C[C@@H]1O. The smallest absolute Gasteiger partial charge is 0.309 e. The first kappa shape index (κ1) is 26.0. The lowest BCUT2D eigenvalue weighted by Gasteiger charge is -2.33. The molecule has 5 N–H and O–H groups in total. The zero-order valence-electron chi connectivity index (χ0n) is 18.1. The average molecular weight is 476 g/mol. The van der Waals surface area contributed by atoms with Gasteiger partial charge in [-0.25, -0.2) is 0 Å². The van der Waals surface area contributed by atoms with Gasteiger partial charge in [-0.2, -0.15) is 0 Å². The molecule has 2 aliphatic heterocycles. The van der Waals surface area contributed by atoms with E-state index in [1.807, 2.05) is 19.9 Å². The van der Waals surface area contributed by atoms with Crippen molar-refractivity contribution in [3.05, 3.63) is 12.2 Å². The van der Waals surface area contributed by atoms with Crippen molar-refractivity contribution in [3.63, 3.8) is 0 Å². The molecule has 0 spiro atoms. The van der Waals surface area contributed by atoms with Crippen LogP contribution in [0.15, 0.2) is 12.2 Å². The second kappa shape index (κ2) is 12.7. The standard InChI is InChI=1S/C20H33N3O6S2/c1-11(2)18-15(24)9-17(26)29-13-6-4-5-7-30-31-10-14(20(28)23-18)22-19(27)12(3)21-16(25)8-13/h4,6,11-15,18,20,23-24,28H,5,7-10H2,1-3H3,(H,21,25)(H,22,27)/b6-4+/t12-,13-,14-,15+,18-,20?/m1/s1. The van der Waals surface area contributed by atoms with Crippen LogP contribution in [0.2, 0.25) is 0 Å². The topological polar surface area (TPSA) is 137 Å². The number of hydrogen-bond donors (Lipinski definition) is 5. The monoisotopic (exact) mass is 475 g/mol. The van der Waals surface area contributed by atoms with E-state index in [1.165, 1.54) is 10.8 Å². The lowest BCUT2D eigenvalue weighted by atomic mass is 9.95. The first-order chi connectivity index (χ1) is 14.7. The van der Waals surface area contributed by atoms with Gasteiger partial charge in [-0.3, -0.25) is 19.7 Å². The van der Waals surface area contributed by atoms with Gasteiger partial charge in [0.15, 0.2) is 0 Å². The highest BCUT2D eigenvalue weighted by molar-refractivity contribution is 8.76. The fourth-order valence-corrected chi connectivity index (χ4v) is 5.57. The molecule has 2 heterocycles. The van der Waals surface area contributed by atoms with E-state index in [1.54, 1.807) is 23.8 Å². The van der Waals surface area contributed by atoms with E-state index in [2.05, 4.69) is 16.0 Å². The van der Waals surface area contributed by atoms with Crippen molar-refractivity contribution in [3.8, 4) is 0 Å². The molecule has 1 unspecified atom stereocenters. The summed E-state index contributed by atoms with van der Waals surface area (Å²) in [4.78, 5) is 37.5. The summed E-state index contributed by atoms with van der Waals surface area (Å²) in [5, 5.41) is 29.9. The lowest BCUT2D eigenvalue weighted by Crippen LogP contribution is -2.59. The Hall–Kier alpha value is -1.27. The molecule has 11 heteroatoms. The Morgan fingerprint density at radius 1 is 1.13 bits per heavy atom. The molecule has 2 amide bonds. The van der Waals surface area contributed by atoms with Gasteiger partial charge in [0.2, 0.25) is 11.8 Å². The first-order valence-electron chi connectivity index (χ1n) is 10.5. The van der Waals surface area contributed by atoms with E-state index in [-0.39, 0.29) is 18.8 Å². The van der Waals surface area contributed by atoms with Crippen LogP contribution in [0.3, 0.4) is 0 Å². The Labute approximate surface area is 190 Å². The fraction of sp³-hybridized carbons (Fsp3) is 0.750. The third-order valence-electron chi connectivity index (χ3n) is 5.07. The second-order valence-corrected chi connectivity index (χ2v) is 10.7. The van der Waals surface area contributed by atoms with Crippen LogP contribution in [0, 0.1) is 5.92 Å². The largest absolute Gasteiger partial charge is 0.457 e. The van der Waals surface area contributed by atoms with Gasteiger partial charge in [0.25, 0.3) is 0 Å². The van der Waals surface area contributed by atoms with Crippen molar-refractivity contribution >= 4 is 39.4 Å². The summed E-state index contributed by atoms with van der Waals surface area (Å²) in [6.45, 7) is 5.28. The number of esters is 1. The molecule has 2 bridgehead atoms. The van der Waals surface area contributed by atoms with Crippen LogP contribution in [0.4, 0.5) is 0 Å². The maximum absolute atomic E-state index is 12.7. The van der Waals surface area contributed by atoms with Gasteiger partial charge in [-0.05, 0) is 25.3 Å². The van der Waals surface area contributed by atoms with Crippen LogP contribution < -0.4 is 16.0 Å². The number of fused-ring (bicyclic) bond motifs is 7. The van der Waals surface area contributed by atoms with E-state index in [9.17, 15) is 24.6 Å². The molecule has 31 heavy (non-hydrogen) atoms. The van der Waals surface area contributed by atoms with Crippen molar-refractivity contribution in [2.75, 3.05) is 11.5 Å². The van der Waals surface area contributed by atoms with E-state index in [4.69, 9.17) is 4.74 Å². The molecule has 9 nitrogen and oxygen atoms in total. The van der Waals surface area contributed by atoms with Crippen molar-refractivity contribution in [2.24, 2.45) is 5.92 Å². The number of amides is 2. The molecule has 0 aromatic carbocycles. The predicted molar refractivity (Wildman–Crippen MR) is 121 cm³/mol. The van der Waals surface area contributed by atoms with Gasteiger partial charge < -0.3 is 25.6 Å². The molecule has 6 atom stereocenters. The minimum atomic E-state index is -1.16. The molecule has 1 saturated heterocycles. The van der Waals surface area contributed by atoms with Crippen LogP contribution >= 0.6 is 21.6 Å². The highest BCUT2D eigenvalue weighted by Crippen LogP contribution is 2.24. The maximum atomic E-state index is 12.7. The number of aliphatic hydroxyl groups is 2. The zero-order chi connectivity index (χ0) is 23.0. The highest BCUT2D eigenvalue weighted by atomic mass is 33.1. The van der Waals surface area contributed by atoms with E-state index in [0.29, 0.717) is 12.2 Å². The van der Waals surface area contributed by atoms with Crippen molar-refractivity contribution in [1.82, 2.24) is 16.0 Å². The van der Waals surface area contributed by atoms with E-state index < -0.39 is 54.3 Å². The molecule has 0 aromatic rings. The van der Waals surface area contributed by atoms with Gasteiger partial charge >= 0.3 is 5.97 Å². The molecule has 2 rings (SSSR count). The van der Waals surface area contributed by atoms with Crippen LogP contribution in [0.1, 0.15) is 40.0 Å². The summed E-state index contributed by atoms with van der Waals surface area (Å²) in [5.41, 5.74) is 0. The van der Waals surface area contributed by atoms with Crippen LogP contribution in [-0.2, 0) is 19.1 Å². The molecule has 0 aromatic heterocycles. The second-order valence-electron chi connectivity index (χ2n) is 8.11. The van der Waals surface area contributed by atoms with E-state index in [0.717, 1.165) is 5.75 Å². The van der Waals surface area contributed by atoms with Crippen LogP contribution in [-0.4, -0.2) is 76.1 Å². The molecule has 0 radical (unpaired) electrons. The first-order valence-corrected chi connectivity index (χ1v) is 13.0. The average Bonchev–Trinajstić information content (AvgIpc) is 2.68. The quantitative estimate of drug-likeness (QED) is 0.206. The fourth-order valence-electron chi connectivity index (χ4n) is 3.34. The molecule has 2 aliphatic rings. The minimum absolute atomic E-state index is 0.108. The van der Waals surface area contributed by atoms with Crippen LogP contribution in [0.5, 0.6) is 0 Å². The summed E-state index contributed by atoms with van der Waals surface area (Å²) >= 11 is 0. The number of allylic oxidation sites excluding steroid dienone is 1. The maximum Gasteiger partial charge on any atom is 0.309 e. The van der Waals surface area contributed by atoms with Gasteiger partial charge in [-0.1, -0.05) is 41.5 Å². The summed E-state index contributed by atoms with van der Waals surface area (Å²) < 4.78 is 5.45. The predicted octanol–water partition coefficient (Wildman–Crippen LogP) is 0.316. The molecule has 176 valence electrons. The van der Waals surface area contributed by atoms with Crippen LogP contribution in [0.25, 0.3) is 0 Å². The number of aliphatic hydroxyl groups excluding tert-OH is 2.